The number of esters is 1. The molecule has 0 bridgehead atoms. The fraction of sp³-hybridized carbons (Fsp3) is 0.667. The van der Waals surface area contributed by atoms with Gasteiger partial charge in [0.15, 0.2) is 7.85 Å². The zero-order chi connectivity index (χ0) is 11.3. The number of carbonyl (C=O) groups is 3. The molecule has 0 aliphatic heterocycles. The van der Waals surface area contributed by atoms with E-state index in [-0.39, 0.29) is 12.4 Å². The van der Waals surface area contributed by atoms with Crippen LogP contribution in [-0.4, -0.2) is 31.9 Å². The second-order valence-corrected chi connectivity index (χ2v) is 3.03. The van der Waals surface area contributed by atoms with Crippen molar-refractivity contribution in [2.45, 2.75) is 20.8 Å². The summed E-state index contributed by atoms with van der Waals surface area (Å²) in [6.45, 7) is 4.57. The van der Waals surface area contributed by atoms with Gasteiger partial charge in [0.2, 0.25) is 0 Å². The van der Waals surface area contributed by atoms with E-state index in [1.165, 1.54) is 13.8 Å². The number of Topliss-reactive ketones (excluding diaryl/α,β-unsaturated/α-hetero) is 1. The molecule has 5 heteroatoms. The Kier molecular flexibility index (Phi) is 5.12. The van der Waals surface area contributed by atoms with Gasteiger partial charge in [-0.3, -0.25) is 9.59 Å². The van der Waals surface area contributed by atoms with Crippen LogP contribution in [0.4, 0.5) is 0 Å². The van der Waals surface area contributed by atoms with E-state index >= 15 is 0 Å². The van der Waals surface area contributed by atoms with Gasteiger partial charge in [-0.2, -0.15) is 0 Å². The number of ether oxygens (including phenoxy) is 1. The smallest absolute Gasteiger partial charge is 0.316 e. The molecule has 76 valence electrons. The Hall–Kier alpha value is -1.13. The standard InChI is InChI=1S/C9H13BO4/c1-4-14-9(13)7(8(10)12)5(2)6(3)11/h5,7H,4H2,1-3H3. The summed E-state index contributed by atoms with van der Waals surface area (Å²) in [4.78, 5) is 33.2. The van der Waals surface area contributed by atoms with Crippen LogP contribution in [0, 0.1) is 11.8 Å². The third-order valence-electron chi connectivity index (χ3n) is 1.99. The summed E-state index contributed by atoms with van der Waals surface area (Å²) in [6, 6.07) is 0. The second kappa shape index (κ2) is 5.57. The molecule has 2 atom stereocenters. The minimum atomic E-state index is -1.17. The van der Waals surface area contributed by atoms with Gasteiger partial charge in [-0.25, -0.2) is 0 Å². The van der Waals surface area contributed by atoms with Crippen LogP contribution >= 0.6 is 0 Å². The molecule has 0 fully saturated rings. The van der Waals surface area contributed by atoms with Crippen LogP contribution in [0.5, 0.6) is 0 Å². The van der Waals surface area contributed by atoms with Crippen molar-refractivity contribution in [2.75, 3.05) is 6.61 Å². The number of hydrogen-bond acceptors (Lipinski definition) is 4. The Labute approximate surface area is 84.4 Å². The molecule has 0 saturated heterocycles. The quantitative estimate of drug-likeness (QED) is 0.355. The van der Waals surface area contributed by atoms with Crippen LogP contribution in [0.1, 0.15) is 20.8 Å². The van der Waals surface area contributed by atoms with Crippen molar-refractivity contribution >= 4 is 25.3 Å². The van der Waals surface area contributed by atoms with E-state index in [9.17, 15) is 14.4 Å². The highest BCUT2D eigenvalue weighted by Gasteiger charge is 2.32. The van der Waals surface area contributed by atoms with Gasteiger partial charge in [-0.1, -0.05) is 6.92 Å². The van der Waals surface area contributed by atoms with E-state index < -0.39 is 23.5 Å². The molecule has 14 heavy (non-hydrogen) atoms. The molecule has 2 radical (unpaired) electrons. The van der Waals surface area contributed by atoms with Gasteiger partial charge in [0, 0.05) is 5.92 Å². The van der Waals surface area contributed by atoms with Gasteiger partial charge in [0.05, 0.1) is 12.3 Å². The zero-order valence-corrected chi connectivity index (χ0v) is 8.57. The molecule has 0 rings (SSSR count). The summed E-state index contributed by atoms with van der Waals surface area (Å²) < 4.78 is 4.64. The van der Waals surface area contributed by atoms with Crippen molar-refractivity contribution in [1.29, 1.82) is 0 Å². The first kappa shape index (κ1) is 12.9. The van der Waals surface area contributed by atoms with Gasteiger partial charge in [-0.15, -0.1) is 0 Å². The molecule has 0 aromatic heterocycles. The van der Waals surface area contributed by atoms with Crippen molar-refractivity contribution < 1.29 is 19.1 Å². The van der Waals surface area contributed by atoms with Gasteiger partial charge < -0.3 is 9.53 Å². The Morgan fingerprint density at radius 3 is 2.14 bits per heavy atom. The molecule has 0 amide bonds. The number of carbonyl (C=O) groups excluding carboxylic acids is 3. The summed E-state index contributed by atoms with van der Waals surface area (Å²) in [5.41, 5.74) is -0.828. The maximum absolute atomic E-state index is 11.3. The summed E-state index contributed by atoms with van der Waals surface area (Å²) in [5, 5.41) is 0. The van der Waals surface area contributed by atoms with E-state index in [1.807, 2.05) is 0 Å². The van der Waals surface area contributed by atoms with Crippen LogP contribution in [0.3, 0.4) is 0 Å². The molecule has 4 nitrogen and oxygen atoms in total. The highest BCUT2D eigenvalue weighted by atomic mass is 16.5. The minimum absolute atomic E-state index is 0.160. The first-order chi connectivity index (χ1) is 6.41. The maximum atomic E-state index is 11.3. The molecule has 2 unspecified atom stereocenters. The number of ketones is 1. The van der Waals surface area contributed by atoms with Crippen molar-refractivity contribution in [1.82, 2.24) is 0 Å². The third-order valence-corrected chi connectivity index (χ3v) is 1.99. The molecular weight excluding hydrogens is 183 g/mol. The molecule has 0 saturated carbocycles. The lowest BCUT2D eigenvalue weighted by molar-refractivity contribution is -0.153. The van der Waals surface area contributed by atoms with Crippen molar-refractivity contribution in [2.24, 2.45) is 11.8 Å². The molecule has 0 N–H and O–H groups in total. The normalized spacial score (nSPS) is 14.2. The average molecular weight is 196 g/mol. The Morgan fingerprint density at radius 1 is 1.36 bits per heavy atom. The topological polar surface area (TPSA) is 60.4 Å². The molecule has 0 aliphatic rings. The van der Waals surface area contributed by atoms with Crippen molar-refractivity contribution in [3.8, 4) is 0 Å². The summed E-state index contributed by atoms with van der Waals surface area (Å²) in [7, 11) is 5.01. The van der Waals surface area contributed by atoms with Crippen LogP contribution in [0.15, 0.2) is 0 Å². The van der Waals surface area contributed by atoms with E-state index in [1.54, 1.807) is 6.92 Å². The first-order valence-corrected chi connectivity index (χ1v) is 4.38. The summed E-state index contributed by atoms with van der Waals surface area (Å²) in [5.74, 6) is -2.90. The number of rotatable bonds is 5. The fourth-order valence-electron chi connectivity index (χ4n) is 1.03. The van der Waals surface area contributed by atoms with Gasteiger partial charge in [-0.05, 0) is 13.8 Å². The van der Waals surface area contributed by atoms with Crippen LogP contribution in [0.2, 0.25) is 0 Å². The largest absolute Gasteiger partial charge is 0.465 e. The molecule has 0 aromatic rings. The Bertz CT molecular complexity index is 249. The second-order valence-electron chi connectivity index (χ2n) is 3.03. The Morgan fingerprint density at radius 2 is 1.86 bits per heavy atom. The van der Waals surface area contributed by atoms with Crippen molar-refractivity contribution in [3.63, 3.8) is 0 Å². The molecule has 0 aliphatic carbocycles. The third kappa shape index (κ3) is 3.32. The maximum Gasteiger partial charge on any atom is 0.316 e. The first-order valence-electron chi connectivity index (χ1n) is 4.38. The van der Waals surface area contributed by atoms with E-state index in [0.29, 0.717) is 0 Å². The lowest BCUT2D eigenvalue weighted by Crippen LogP contribution is -2.35. The van der Waals surface area contributed by atoms with Crippen LogP contribution in [-0.2, 0) is 19.1 Å². The lowest BCUT2D eigenvalue weighted by Gasteiger charge is -2.17. The zero-order valence-electron chi connectivity index (χ0n) is 8.57. The Balaban J connectivity index is 4.68. The van der Waals surface area contributed by atoms with E-state index in [0.717, 1.165) is 0 Å². The molecule has 0 aromatic carbocycles. The van der Waals surface area contributed by atoms with E-state index in [4.69, 9.17) is 7.85 Å². The predicted octanol–water partition coefficient (Wildman–Crippen LogP) is 0.0859. The fourth-order valence-corrected chi connectivity index (χ4v) is 1.03. The minimum Gasteiger partial charge on any atom is -0.465 e. The SMILES string of the molecule is [B]C(=O)C(C(=O)OCC)C(C)C(C)=O. The molecule has 0 spiro atoms. The highest BCUT2D eigenvalue weighted by molar-refractivity contribution is 6.60. The predicted molar refractivity (Wildman–Crippen MR) is 50.7 cm³/mol. The molecular formula is C9H13BO4. The highest BCUT2D eigenvalue weighted by Crippen LogP contribution is 2.14. The van der Waals surface area contributed by atoms with Gasteiger partial charge in [0.25, 0.3) is 0 Å². The van der Waals surface area contributed by atoms with Gasteiger partial charge >= 0.3 is 5.97 Å². The molecule has 0 heterocycles. The van der Waals surface area contributed by atoms with Crippen molar-refractivity contribution in [3.05, 3.63) is 0 Å². The lowest BCUT2D eigenvalue weighted by atomic mass is 9.79. The van der Waals surface area contributed by atoms with Gasteiger partial charge in [0.1, 0.15) is 11.7 Å². The summed E-state index contributed by atoms with van der Waals surface area (Å²) >= 11 is 0. The monoisotopic (exact) mass is 196 g/mol. The van der Waals surface area contributed by atoms with Crippen LogP contribution in [0.25, 0.3) is 0 Å². The average Bonchev–Trinajstić information content (AvgIpc) is 2.03. The van der Waals surface area contributed by atoms with Crippen LogP contribution < -0.4 is 0 Å². The summed E-state index contributed by atoms with van der Waals surface area (Å²) in [6.07, 6.45) is 0. The number of hydrogen-bond donors (Lipinski definition) is 0. The van der Waals surface area contributed by atoms with E-state index in [2.05, 4.69) is 4.74 Å².